The Hall–Kier alpha value is -4.93. The summed E-state index contributed by atoms with van der Waals surface area (Å²) in [5, 5.41) is 8.70. The van der Waals surface area contributed by atoms with Crippen LogP contribution in [-0.2, 0) is 13.6 Å². The summed E-state index contributed by atoms with van der Waals surface area (Å²) in [4.78, 5) is 29.9. The van der Waals surface area contributed by atoms with Crippen molar-refractivity contribution in [3.63, 3.8) is 0 Å². The molecule has 3 aromatic heterocycles. The van der Waals surface area contributed by atoms with Gasteiger partial charge in [0.2, 0.25) is 5.95 Å². The molecule has 230 valence electrons. The number of nitrogens with one attached hydrogen (secondary N) is 2. The molecular weight excluding hydrogens is 593 g/mol. The highest BCUT2D eigenvalue weighted by molar-refractivity contribution is 7.97. The summed E-state index contributed by atoms with van der Waals surface area (Å²) < 4.78 is 4.24. The third kappa shape index (κ3) is 5.03. The second-order valence-corrected chi connectivity index (χ2v) is 13.2. The number of aromatic nitrogens is 5. The van der Waals surface area contributed by atoms with Crippen molar-refractivity contribution in [1.82, 2.24) is 29.0 Å². The SMILES string of the molecule is Cc1cnc(Nc2cc(C)n(C)n2)nc1-c1c[nH]c2c(N3Cc4c(cccc4-c4ccc(SN5CCCC5)cc4)C3=O)cccc12. The molecule has 46 heavy (non-hydrogen) atoms. The van der Waals surface area contributed by atoms with Gasteiger partial charge in [0.15, 0.2) is 5.82 Å². The molecule has 2 aliphatic rings. The molecule has 6 aromatic rings. The van der Waals surface area contributed by atoms with E-state index in [-0.39, 0.29) is 5.91 Å². The molecule has 1 saturated heterocycles. The molecule has 10 heteroatoms. The molecule has 1 fully saturated rings. The molecule has 9 nitrogen and oxygen atoms in total. The fourth-order valence-corrected chi connectivity index (χ4v) is 7.49. The molecule has 0 radical (unpaired) electrons. The Morgan fingerprint density at radius 3 is 2.50 bits per heavy atom. The van der Waals surface area contributed by atoms with Crippen molar-refractivity contribution in [3.05, 3.63) is 102 Å². The largest absolute Gasteiger partial charge is 0.359 e. The van der Waals surface area contributed by atoms with E-state index in [1.807, 2.05) is 85.2 Å². The predicted molar refractivity (Wildman–Crippen MR) is 184 cm³/mol. The molecular formula is C36H34N8OS. The Balaban J connectivity index is 1.10. The van der Waals surface area contributed by atoms with E-state index in [1.165, 1.54) is 17.7 Å². The van der Waals surface area contributed by atoms with Crippen molar-refractivity contribution >= 4 is 46.2 Å². The van der Waals surface area contributed by atoms with Crippen LogP contribution in [0.4, 0.5) is 17.5 Å². The molecule has 0 aliphatic carbocycles. The normalized spacial score (nSPS) is 14.8. The molecule has 3 aromatic carbocycles. The van der Waals surface area contributed by atoms with Crippen LogP contribution in [0.1, 0.15) is 40.0 Å². The number of benzene rings is 3. The molecule has 8 rings (SSSR count). The van der Waals surface area contributed by atoms with Gasteiger partial charge >= 0.3 is 0 Å². The number of aryl methyl sites for hydroxylation is 3. The molecule has 2 aliphatic heterocycles. The first-order chi connectivity index (χ1) is 22.4. The van der Waals surface area contributed by atoms with Crippen molar-refractivity contribution in [2.75, 3.05) is 23.3 Å². The van der Waals surface area contributed by atoms with Crippen LogP contribution >= 0.6 is 11.9 Å². The average molecular weight is 627 g/mol. The number of nitrogens with zero attached hydrogens (tertiary/aromatic N) is 6. The topological polar surface area (TPSA) is 95.0 Å². The third-order valence-corrected chi connectivity index (χ3v) is 10.1. The van der Waals surface area contributed by atoms with E-state index in [0.29, 0.717) is 18.3 Å². The summed E-state index contributed by atoms with van der Waals surface area (Å²) in [6.45, 7) is 6.81. The van der Waals surface area contributed by atoms with E-state index in [1.54, 1.807) is 0 Å². The van der Waals surface area contributed by atoms with Crippen LogP contribution in [-0.4, -0.2) is 48.0 Å². The summed E-state index contributed by atoms with van der Waals surface area (Å²) in [6, 6.07) is 22.9. The Labute approximate surface area is 271 Å². The number of fused-ring (bicyclic) bond motifs is 2. The maximum absolute atomic E-state index is 13.9. The molecule has 0 bridgehead atoms. The van der Waals surface area contributed by atoms with Crippen LogP contribution < -0.4 is 10.2 Å². The van der Waals surface area contributed by atoms with Crippen molar-refractivity contribution in [1.29, 1.82) is 0 Å². The van der Waals surface area contributed by atoms with Gasteiger partial charge in [-0.15, -0.1) is 0 Å². The van der Waals surface area contributed by atoms with Gasteiger partial charge in [0.1, 0.15) is 0 Å². The molecule has 1 amide bonds. The van der Waals surface area contributed by atoms with Gasteiger partial charge in [-0.05, 0) is 85.2 Å². The number of rotatable bonds is 7. The van der Waals surface area contributed by atoms with E-state index in [4.69, 9.17) is 4.98 Å². The minimum Gasteiger partial charge on any atom is -0.359 e. The monoisotopic (exact) mass is 626 g/mol. The standard InChI is InChI=1S/C36H34N8OS/c1-22-19-38-36(39-32-18-23(2)42(3)41-32)40-33(22)29-20-37-34-27(29)9-7-11-31(34)44-21-30-26(8-6-10-28(30)35(44)45)24-12-14-25(15-13-24)46-43-16-4-5-17-43/h6-15,18-20,37H,4-5,16-17,21H2,1-3H3,(H,38,39,40,41). The van der Waals surface area contributed by atoms with Crippen LogP contribution in [0.25, 0.3) is 33.3 Å². The minimum absolute atomic E-state index is 0.0112. The summed E-state index contributed by atoms with van der Waals surface area (Å²) in [5.74, 6) is 1.18. The van der Waals surface area contributed by atoms with Gasteiger partial charge in [0.25, 0.3) is 5.91 Å². The summed E-state index contributed by atoms with van der Waals surface area (Å²) in [6.07, 6.45) is 6.34. The van der Waals surface area contributed by atoms with Gasteiger partial charge in [0.05, 0.1) is 23.4 Å². The Morgan fingerprint density at radius 1 is 0.935 bits per heavy atom. The smallest absolute Gasteiger partial charge is 0.259 e. The zero-order chi connectivity index (χ0) is 31.4. The van der Waals surface area contributed by atoms with Crippen molar-refractivity contribution < 1.29 is 4.79 Å². The first kappa shape index (κ1) is 28.5. The molecule has 0 spiro atoms. The quantitative estimate of drug-likeness (QED) is 0.176. The Bertz CT molecular complexity index is 2090. The van der Waals surface area contributed by atoms with E-state index >= 15 is 0 Å². The molecule has 2 N–H and O–H groups in total. The van der Waals surface area contributed by atoms with Gasteiger partial charge in [-0.25, -0.2) is 14.3 Å². The number of amides is 1. The molecule has 0 saturated carbocycles. The maximum Gasteiger partial charge on any atom is 0.259 e. The fraction of sp³-hybridized carbons (Fsp3) is 0.222. The summed E-state index contributed by atoms with van der Waals surface area (Å²) in [7, 11) is 1.91. The second kappa shape index (κ2) is 11.5. The van der Waals surface area contributed by atoms with Crippen LogP contribution in [0.5, 0.6) is 0 Å². The lowest BCUT2D eigenvalue weighted by Crippen LogP contribution is -2.23. The lowest BCUT2D eigenvalue weighted by atomic mass is 9.97. The number of aromatic amines is 1. The average Bonchev–Trinajstić information content (AvgIpc) is 3.86. The zero-order valence-corrected chi connectivity index (χ0v) is 26.9. The van der Waals surface area contributed by atoms with E-state index < -0.39 is 0 Å². The number of hydrogen-bond acceptors (Lipinski definition) is 7. The fourth-order valence-electron chi connectivity index (χ4n) is 6.49. The number of anilines is 3. The Kier molecular flexibility index (Phi) is 7.11. The first-order valence-corrected chi connectivity index (χ1v) is 16.4. The highest BCUT2D eigenvalue weighted by Gasteiger charge is 2.32. The molecule has 0 atom stereocenters. The van der Waals surface area contributed by atoms with Crippen LogP contribution in [0.2, 0.25) is 0 Å². The van der Waals surface area contributed by atoms with Crippen LogP contribution in [0.15, 0.2) is 84.0 Å². The maximum atomic E-state index is 13.9. The summed E-state index contributed by atoms with van der Waals surface area (Å²) in [5.41, 5.74) is 9.55. The van der Waals surface area contributed by atoms with E-state index in [9.17, 15) is 4.79 Å². The highest BCUT2D eigenvalue weighted by Crippen LogP contribution is 2.40. The molecule has 0 unspecified atom stereocenters. The lowest BCUT2D eigenvalue weighted by Gasteiger charge is -2.17. The number of carbonyl (C=O) groups is 1. The van der Waals surface area contributed by atoms with Crippen molar-refractivity contribution in [3.8, 4) is 22.4 Å². The number of hydrogen-bond donors (Lipinski definition) is 2. The van der Waals surface area contributed by atoms with Gasteiger partial charge < -0.3 is 15.2 Å². The van der Waals surface area contributed by atoms with Gasteiger partial charge in [-0.1, -0.05) is 36.4 Å². The number of carbonyl (C=O) groups excluding carboxylic acids is 1. The van der Waals surface area contributed by atoms with Gasteiger partial charge in [-0.3, -0.25) is 9.48 Å². The van der Waals surface area contributed by atoms with Crippen molar-refractivity contribution in [2.45, 2.75) is 38.1 Å². The third-order valence-electron chi connectivity index (χ3n) is 9.00. The minimum atomic E-state index is 0.0112. The van der Waals surface area contributed by atoms with E-state index in [0.717, 1.165) is 74.4 Å². The number of para-hydroxylation sites is 1. The Morgan fingerprint density at radius 2 is 1.72 bits per heavy atom. The lowest BCUT2D eigenvalue weighted by molar-refractivity contribution is 0.0997. The van der Waals surface area contributed by atoms with Crippen LogP contribution in [0, 0.1) is 13.8 Å². The van der Waals surface area contributed by atoms with Gasteiger partial charge in [-0.2, -0.15) is 5.10 Å². The highest BCUT2D eigenvalue weighted by atomic mass is 32.2. The van der Waals surface area contributed by atoms with E-state index in [2.05, 4.69) is 61.1 Å². The summed E-state index contributed by atoms with van der Waals surface area (Å²) >= 11 is 1.84. The predicted octanol–water partition coefficient (Wildman–Crippen LogP) is 7.65. The van der Waals surface area contributed by atoms with Crippen molar-refractivity contribution in [2.24, 2.45) is 7.05 Å². The first-order valence-electron chi connectivity index (χ1n) is 15.6. The van der Waals surface area contributed by atoms with Gasteiger partial charge in [0, 0.05) is 65.7 Å². The molecule has 5 heterocycles. The van der Waals surface area contributed by atoms with Crippen LogP contribution in [0.3, 0.4) is 0 Å². The zero-order valence-electron chi connectivity index (χ0n) is 26.0. The second-order valence-electron chi connectivity index (χ2n) is 12.0. The number of H-pyrrole nitrogens is 1.